The van der Waals surface area contributed by atoms with Gasteiger partial charge in [0.1, 0.15) is 11.5 Å². The highest BCUT2D eigenvalue weighted by Crippen LogP contribution is 2.48. The summed E-state index contributed by atoms with van der Waals surface area (Å²) >= 11 is 6.05. The number of Topliss-reactive ketones (excluding diaryl/α,β-unsaturated/α-hetero) is 1. The van der Waals surface area contributed by atoms with E-state index >= 15 is 0 Å². The number of ketones is 1. The van der Waals surface area contributed by atoms with Crippen molar-refractivity contribution < 1.29 is 23.8 Å². The van der Waals surface area contributed by atoms with Gasteiger partial charge in [0.05, 0.1) is 32.8 Å². The Bertz CT molecular complexity index is 1170. The Morgan fingerprint density at radius 1 is 1.03 bits per heavy atom. The molecule has 6 nitrogen and oxygen atoms in total. The molecule has 7 heteroatoms. The first-order chi connectivity index (χ1) is 15.9. The third kappa shape index (κ3) is 4.23. The maximum Gasteiger partial charge on any atom is 0.336 e. The van der Waals surface area contributed by atoms with Crippen LogP contribution in [-0.4, -0.2) is 33.1 Å². The first-order valence-electron chi connectivity index (χ1n) is 10.7. The summed E-state index contributed by atoms with van der Waals surface area (Å²) in [6, 6.07) is 13.0. The number of allylic oxidation sites excluding steroid dienone is 3. The molecule has 0 saturated carbocycles. The summed E-state index contributed by atoms with van der Waals surface area (Å²) in [6.45, 7) is 1.83. The molecule has 172 valence electrons. The Hall–Kier alpha value is -3.25. The number of esters is 1. The third-order valence-electron chi connectivity index (χ3n) is 6.32. The molecule has 1 aliphatic carbocycles. The van der Waals surface area contributed by atoms with Gasteiger partial charge < -0.3 is 19.5 Å². The highest BCUT2D eigenvalue weighted by atomic mass is 35.5. The van der Waals surface area contributed by atoms with Crippen LogP contribution in [0.2, 0.25) is 5.02 Å². The zero-order chi connectivity index (χ0) is 23.7. The van der Waals surface area contributed by atoms with E-state index in [-0.39, 0.29) is 11.7 Å². The summed E-state index contributed by atoms with van der Waals surface area (Å²) in [5.74, 6) is 0.0484. The lowest BCUT2D eigenvalue weighted by atomic mass is 9.71. The van der Waals surface area contributed by atoms with Crippen molar-refractivity contribution in [3.63, 3.8) is 0 Å². The summed E-state index contributed by atoms with van der Waals surface area (Å²) in [6.07, 6.45) is 0.968. The number of nitrogens with one attached hydrogen (secondary N) is 1. The molecule has 1 aliphatic heterocycles. The molecule has 1 N–H and O–H groups in total. The number of rotatable bonds is 5. The number of carbonyl (C=O) groups excluding carboxylic acids is 2. The van der Waals surface area contributed by atoms with Gasteiger partial charge in [-0.2, -0.15) is 0 Å². The second-order valence-corrected chi connectivity index (χ2v) is 8.60. The molecule has 2 aromatic rings. The minimum Gasteiger partial charge on any atom is -0.497 e. The van der Waals surface area contributed by atoms with Crippen LogP contribution in [0, 0.1) is 0 Å². The van der Waals surface area contributed by atoms with Gasteiger partial charge in [-0.15, -0.1) is 0 Å². The highest BCUT2D eigenvalue weighted by Gasteiger charge is 2.42. The molecular weight excluding hydrogens is 442 g/mol. The molecule has 33 heavy (non-hydrogen) atoms. The Morgan fingerprint density at radius 2 is 1.76 bits per heavy atom. The van der Waals surface area contributed by atoms with E-state index in [1.54, 1.807) is 26.4 Å². The largest absolute Gasteiger partial charge is 0.497 e. The summed E-state index contributed by atoms with van der Waals surface area (Å²) in [7, 11) is 4.48. The molecule has 2 atom stereocenters. The number of dihydropyridines is 1. The predicted molar refractivity (Wildman–Crippen MR) is 126 cm³/mol. The first kappa shape index (κ1) is 22.9. The van der Waals surface area contributed by atoms with Crippen LogP contribution < -0.4 is 14.8 Å². The number of carbonyl (C=O) groups is 2. The number of ether oxygens (including phenoxy) is 3. The van der Waals surface area contributed by atoms with Crippen molar-refractivity contribution in [3.05, 3.63) is 81.2 Å². The molecule has 0 fully saturated rings. The Balaban J connectivity index is 1.86. The lowest BCUT2D eigenvalue weighted by molar-refractivity contribution is -0.136. The highest BCUT2D eigenvalue weighted by molar-refractivity contribution is 6.30. The molecule has 0 bridgehead atoms. The van der Waals surface area contributed by atoms with Gasteiger partial charge >= 0.3 is 5.97 Å². The fraction of sp³-hybridized carbons (Fsp3) is 0.308. The molecule has 1 heterocycles. The molecule has 0 saturated heterocycles. The first-order valence-corrected chi connectivity index (χ1v) is 11.1. The SMILES string of the molecule is COC(=O)C1=C(C)NC2=C(C(=O)C[C@@H](c3ccc(Cl)cc3)C2)[C@@H]1c1cc(OC)ccc1OC. The van der Waals surface area contributed by atoms with E-state index in [0.717, 1.165) is 11.3 Å². The number of hydrogen-bond acceptors (Lipinski definition) is 6. The van der Waals surface area contributed by atoms with Crippen molar-refractivity contribution in [3.8, 4) is 11.5 Å². The molecule has 0 unspecified atom stereocenters. The van der Waals surface area contributed by atoms with E-state index in [9.17, 15) is 9.59 Å². The second kappa shape index (κ2) is 9.32. The van der Waals surface area contributed by atoms with E-state index in [4.69, 9.17) is 25.8 Å². The Morgan fingerprint density at radius 3 is 2.39 bits per heavy atom. The zero-order valence-electron chi connectivity index (χ0n) is 19.0. The van der Waals surface area contributed by atoms with Gasteiger partial charge in [0, 0.05) is 34.0 Å². The maximum absolute atomic E-state index is 13.6. The summed E-state index contributed by atoms with van der Waals surface area (Å²) < 4.78 is 16.1. The average molecular weight is 468 g/mol. The van der Waals surface area contributed by atoms with Crippen LogP contribution in [0.4, 0.5) is 0 Å². The van der Waals surface area contributed by atoms with Crippen molar-refractivity contribution >= 4 is 23.4 Å². The molecule has 0 radical (unpaired) electrons. The van der Waals surface area contributed by atoms with Gasteiger partial charge in [-0.05, 0) is 55.2 Å². The average Bonchev–Trinajstić information content (AvgIpc) is 2.82. The number of hydrogen-bond donors (Lipinski definition) is 1. The minimum absolute atomic E-state index is 0.0151. The van der Waals surface area contributed by atoms with Crippen molar-refractivity contribution in [1.29, 1.82) is 0 Å². The van der Waals surface area contributed by atoms with Crippen LogP contribution in [0.15, 0.2) is 65.0 Å². The Kier molecular flexibility index (Phi) is 6.47. The van der Waals surface area contributed by atoms with Gasteiger partial charge in [0.2, 0.25) is 0 Å². The molecule has 2 aromatic carbocycles. The lowest BCUT2D eigenvalue weighted by Crippen LogP contribution is -2.36. The molecule has 2 aliphatic rings. The molecule has 4 rings (SSSR count). The molecular formula is C26H26ClNO5. The van der Waals surface area contributed by atoms with Crippen LogP contribution in [0.5, 0.6) is 11.5 Å². The van der Waals surface area contributed by atoms with Crippen molar-refractivity contribution in [2.24, 2.45) is 0 Å². The van der Waals surface area contributed by atoms with E-state index in [1.807, 2.05) is 37.3 Å². The van der Waals surface area contributed by atoms with E-state index in [2.05, 4.69) is 5.32 Å². The Labute approximate surface area is 198 Å². The van der Waals surface area contributed by atoms with Gasteiger partial charge in [-0.1, -0.05) is 23.7 Å². The van der Waals surface area contributed by atoms with Crippen LogP contribution in [-0.2, 0) is 14.3 Å². The molecule has 0 spiro atoms. The van der Waals surface area contributed by atoms with E-state index < -0.39 is 11.9 Å². The minimum atomic E-state index is -0.627. The van der Waals surface area contributed by atoms with Crippen molar-refractivity contribution in [1.82, 2.24) is 5.32 Å². The lowest BCUT2D eigenvalue weighted by Gasteiger charge is -2.37. The van der Waals surface area contributed by atoms with Gasteiger partial charge in [0.25, 0.3) is 0 Å². The topological polar surface area (TPSA) is 73.9 Å². The van der Waals surface area contributed by atoms with Gasteiger partial charge in [0.15, 0.2) is 5.78 Å². The fourth-order valence-electron chi connectivity index (χ4n) is 4.77. The third-order valence-corrected chi connectivity index (χ3v) is 6.57. The second-order valence-electron chi connectivity index (χ2n) is 8.17. The normalized spacial score (nSPS) is 20.2. The summed E-state index contributed by atoms with van der Waals surface area (Å²) in [5, 5.41) is 3.99. The number of halogens is 1. The summed E-state index contributed by atoms with van der Waals surface area (Å²) in [5.41, 5.74) is 4.16. The maximum atomic E-state index is 13.6. The van der Waals surface area contributed by atoms with Crippen LogP contribution in [0.3, 0.4) is 0 Å². The predicted octanol–water partition coefficient (Wildman–Crippen LogP) is 4.89. The fourth-order valence-corrected chi connectivity index (χ4v) is 4.89. The van der Waals surface area contributed by atoms with Gasteiger partial charge in [-0.25, -0.2) is 4.79 Å². The van der Waals surface area contributed by atoms with Crippen molar-refractivity contribution in [2.45, 2.75) is 31.6 Å². The smallest absolute Gasteiger partial charge is 0.336 e. The zero-order valence-corrected chi connectivity index (χ0v) is 19.8. The quantitative estimate of drug-likeness (QED) is 0.631. The van der Waals surface area contributed by atoms with E-state index in [0.29, 0.717) is 51.8 Å². The van der Waals surface area contributed by atoms with E-state index in [1.165, 1.54) is 7.11 Å². The standard InChI is InChI=1S/C26H26ClNO5/c1-14-23(26(30)33-4)24(19-13-18(31-2)9-10-22(19)32-3)25-20(28-14)11-16(12-21(25)29)15-5-7-17(27)8-6-15/h5-10,13,16,24,28H,11-12H2,1-4H3/t16-,24+/m0/s1. The summed E-state index contributed by atoms with van der Waals surface area (Å²) in [4.78, 5) is 26.5. The molecule has 0 amide bonds. The number of methoxy groups -OCH3 is 3. The van der Waals surface area contributed by atoms with Crippen LogP contribution in [0.25, 0.3) is 0 Å². The van der Waals surface area contributed by atoms with Crippen LogP contribution in [0.1, 0.15) is 42.7 Å². The monoisotopic (exact) mass is 467 g/mol. The number of benzene rings is 2. The van der Waals surface area contributed by atoms with Crippen molar-refractivity contribution in [2.75, 3.05) is 21.3 Å². The van der Waals surface area contributed by atoms with Crippen LogP contribution >= 0.6 is 11.6 Å². The molecule has 0 aromatic heterocycles. The van der Waals surface area contributed by atoms with Gasteiger partial charge in [-0.3, -0.25) is 4.79 Å².